The number of rotatable bonds is 14. The first-order valence-electron chi connectivity index (χ1n) is 16.7. The van der Waals surface area contributed by atoms with Gasteiger partial charge in [-0.05, 0) is 84.9 Å². The maximum absolute atomic E-state index is 13.1. The largest absolute Gasteiger partial charge is 0.378 e. The van der Waals surface area contributed by atoms with E-state index in [0.717, 1.165) is 50.1 Å². The molecule has 2 aliphatic heterocycles. The number of hydrogen-bond acceptors (Lipinski definition) is 4. The molecule has 5 rings (SSSR count). The molecule has 3 aromatic carbocycles. The second-order valence-corrected chi connectivity index (χ2v) is 11.9. The highest BCUT2D eigenvalue weighted by atomic mass is 16.2. The van der Waals surface area contributed by atoms with Gasteiger partial charge in [0.2, 0.25) is 0 Å². The van der Waals surface area contributed by atoms with Crippen molar-refractivity contribution in [2.45, 2.75) is 51.6 Å². The first kappa shape index (κ1) is 33.9. The molecule has 0 radical (unpaired) electrons. The standard InChI is InChI=1S/C40H46N6O2/c1-5-25-43-27-21-33(22-28-43)41-31-9-13-35(14-10-31)45(39(47)7-3)37-17-19-38(20-18-37)46(40(48)8-4)36-15-11-32(12-16-36)42-34-23-29-44(26-6-2)30-24-34/h7-21,23,27-30,33-34,41-42H,3-6,22,24-26H2,1-2H3/q+2. The molecule has 2 aliphatic rings. The van der Waals surface area contributed by atoms with Crippen LogP contribution >= 0.6 is 0 Å². The van der Waals surface area contributed by atoms with Crippen LogP contribution in [0.4, 0.5) is 34.1 Å². The molecule has 0 spiro atoms. The molecule has 0 fully saturated rings. The Balaban J connectivity index is 1.29. The summed E-state index contributed by atoms with van der Waals surface area (Å²) in [4.78, 5) is 29.4. The highest BCUT2D eigenvalue weighted by Gasteiger charge is 2.20. The molecule has 0 saturated heterocycles. The topological polar surface area (TPSA) is 70.7 Å². The number of anilines is 6. The predicted molar refractivity (Wildman–Crippen MR) is 199 cm³/mol. The summed E-state index contributed by atoms with van der Waals surface area (Å²) in [6, 6.07) is 23.3. The summed E-state index contributed by atoms with van der Waals surface area (Å²) in [5.41, 5.74) is 4.68. The highest BCUT2D eigenvalue weighted by Crippen LogP contribution is 2.32. The SMILES string of the molecule is C=CC(=O)N(c1ccc(NC2C=C[N+](CCC)=CC2)cc1)c1ccc(N(C(=O)C=C)c2ccc(NC3C=C[N+](CCC)=CC3)cc2)cc1. The van der Waals surface area contributed by atoms with Crippen molar-refractivity contribution < 1.29 is 18.7 Å². The third kappa shape index (κ3) is 8.45. The van der Waals surface area contributed by atoms with Crippen molar-refractivity contribution in [1.29, 1.82) is 0 Å². The van der Waals surface area contributed by atoms with Crippen LogP contribution in [0.15, 0.2) is 123 Å². The van der Waals surface area contributed by atoms with E-state index in [1.165, 1.54) is 12.2 Å². The molecule has 3 aromatic rings. The lowest BCUT2D eigenvalue weighted by molar-refractivity contribution is -0.455. The summed E-state index contributed by atoms with van der Waals surface area (Å²) in [6.45, 7) is 13.8. The fraction of sp³-hybridized carbons (Fsp3) is 0.250. The minimum Gasteiger partial charge on any atom is -0.378 e. The van der Waals surface area contributed by atoms with Gasteiger partial charge in [0.05, 0.1) is 12.1 Å². The quantitative estimate of drug-likeness (QED) is 0.139. The van der Waals surface area contributed by atoms with Gasteiger partial charge in [-0.3, -0.25) is 19.4 Å². The van der Waals surface area contributed by atoms with E-state index < -0.39 is 0 Å². The van der Waals surface area contributed by atoms with E-state index in [-0.39, 0.29) is 23.9 Å². The Morgan fingerprint density at radius 3 is 1.25 bits per heavy atom. The van der Waals surface area contributed by atoms with E-state index in [2.05, 4.69) is 83.8 Å². The molecular weight excluding hydrogens is 596 g/mol. The van der Waals surface area contributed by atoms with E-state index >= 15 is 0 Å². The molecule has 2 atom stereocenters. The Bertz CT molecular complexity index is 1590. The summed E-state index contributed by atoms with van der Waals surface area (Å²) in [7, 11) is 0. The van der Waals surface area contributed by atoms with Crippen LogP contribution in [-0.2, 0) is 9.59 Å². The third-order valence-corrected chi connectivity index (χ3v) is 8.28. The number of amides is 2. The Hall–Kier alpha value is -5.50. The number of hydrogen-bond donors (Lipinski definition) is 2. The molecule has 2 unspecified atom stereocenters. The zero-order valence-electron chi connectivity index (χ0n) is 28.0. The van der Waals surface area contributed by atoms with Crippen LogP contribution < -0.4 is 20.4 Å². The minimum atomic E-state index is -0.255. The minimum absolute atomic E-state index is 0.209. The van der Waals surface area contributed by atoms with E-state index in [1.807, 2.05) is 72.8 Å². The number of nitrogens with zero attached hydrogens (tertiary/aromatic N) is 4. The first-order valence-corrected chi connectivity index (χ1v) is 16.7. The van der Waals surface area contributed by atoms with Crippen molar-refractivity contribution in [1.82, 2.24) is 0 Å². The molecular formula is C40H46N6O2+2. The Labute approximate surface area is 284 Å². The summed E-state index contributed by atoms with van der Waals surface area (Å²) in [5, 5.41) is 7.10. The molecule has 2 N–H and O–H groups in total. The van der Waals surface area contributed by atoms with E-state index in [0.29, 0.717) is 22.7 Å². The normalized spacial score (nSPS) is 16.7. The Morgan fingerprint density at radius 2 is 0.979 bits per heavy atom. The van der Waals surface area contributed by atoms with Gasteiger partial charge in [-0.15, -0.1) is 0 Å². The van der Waals surface area contributed by atoms with Gasteiger partial charge in [-0.1, -0.05) is 27.0 Å². The summed E-state index contributed by atoms with van der Waals surface area (Å²) in [5.74, 6) is -0.509. The van der Waals surface area contributed by atoms with Crippen LogP contribution in [0.5, 0.6) is 0 Å². The molecule has 0 saturated carbocycles. The van der Waals surface area contributed by atoms with Crippen LogP contribution in [0.3, 0.4) is 0 Å². The predicted octanol–water partition coefficient (Wildman–Crippen LogP) is 7.77. The van der Waals surface area contributed by atoms with Crippen molar-refractivity contribution in [3.05, 3.63) is 123 Å². The molecule has 0 aromatic heterocycles. The monoisotopic (exact) mass is 642 g/mol. The second-order valence-electron chi connectivity index (χ2n) is 11.9. The molecule has 2 heterocycles. The van der Waals surface area contributed by atoms with Crippen LogP contribution in [0.2, 0.25) is 0 Å². The average Bonchev–Trinajstić information content (AvgIpc) is 3.12. The molecule has 48 heavy (non-hydrogen) atoms. The van der Waals surface area contributed by atoms with Crippen LogP contribution in [0.25, 0.3) is 0 Å². The molecule has 8 nitrogen and oxygen atoms in total. The summed E-state index contributed by atoms with van der Waals surface area (Å²) < 4.78 is 4.45. The number of benzene rings is 3. The lowest BCUT2D eigenvalue weighted by atomic mass is 10.1. The number of carbonyl (C=O) groups excluding carboxylic acids is 2. The first-order chi connectivity index (χ1) is 23.4. The van der Waals surface area contributed by atoms with E-state index in [4.69, 9.17) is 0 Å². The summed E-state index contributed by atoms with van der Waals surface area (Å²) >= 11 is 0. The molecule has 246 valence electrons. The number of nitrogens with one attached hydrogen (secondary N) is 2. The van der Waals surface area contributed by atoms with Crippen molar-refractivity contribution >= 4 is 58.4 Å². The van der Waals surface area contributed by atoms with Crippen LogP contribution in [0.1, 0.15) is 39.5 Å². The fourth-order valence-electron chi connectivity index (χ4n) is 5.85. The van der Waals surface area contributed by atoms with Crippen molar-refractivity contribution in [2.75, 3.05) is 33.5 Å². The third-order valence-electron chi connectivity index (χ3n) is 8.28. The number of carbonyl (C=O) groups is 2. The van der Waals surface area contributed by atoms with Crippen molar-refractivity contribution in [3.8, 4) is 0 Å². The maximum Gasteiger partial charge on any atom is 0.254 e. The molecule has 0 bridgehead atoms. The van der Waals surface area contributed by atoms with Crippen molar-refractivity contribution in [2.24, 2.45) is 0 Å². The van der Waals surface area contributed by atoms with Gasteiger partial charge in [0.1, 0.15) is 25.5 Å². The smallest absolute Gasteiger partial charge is 0.254 e. The van der Waals surface area contributed by atoms with Crippen molar-refractivity contribution in [3.63, 3.8) is 0 Å². The van der Waals surface area contributed by atoms with Gasteiger partial charge >= 0.3 is 0 Å². The van der Waals surface area contributed by atoms with Gasteiger partial charge in [0.25, 0.3) is 11.8 Å². The molecule has 2 amide bonds. The van der Waals surface area contributed by atoms with Gasteiger partial charge in [-0.25, -0.2) is 9.15 Å². The fourth-order valence-corrected chi connectivity index (χ4v) is 5.85. The average molecular weight is 643 g/mol. The van der Waals surface area contributed by atoms with Gasteiger partial charge < -0.3 is 10.6 Å². The zero-order chi connectivity index (χ0) is 33.9. The highest BCUT2D eigenvalue weighted by molar-refractivity contribution is 6.08. The van der Waals surface area contributed by atoms with E-state index in [9.17, 15) is 9.59 Å². The Morgan fingerprint density at radius 1 is 0.646 bits per heavy atom. The van der Waals surface area contributed by atoms with Crippen LogP contribution in [0, 0.1) is 0 Å². The van der Waals surface area contributed by atoms with Crippen LogP contribution in [-0.4, -0.2) is 58.6 Å². The van der Waals surface area contributed by atoms with Gasteiger partial charge in [0.15, 0.2) is 12.4 Å². The maximum atomic E-state index is 13.1. The molecule has 8 heteroatoms. The summed E-state index contributed by atoms with van der Waals surface area (Å²) in [6.07, 6.45) is 19.7. The lowest BCUT2D eigenvalue weighted by Crippen LogP contribution is -2.26. The second kappa shape index (κ2) is 16.4. The van der Waals surface area contributed by atoms with Gasteiger partial charge in [-0.2, -0.15) is 0 Å². The lowest BCUT2D eigenvalue weighted by Gasteiger charge is -2.25. The molecule has 0 aliphatic carbocycles. The van der Waals surface area contributed by atoms with Gasteiger partial charge in [0, 0.05) is 72.0 Å². The van der Waals surface area contributed by atoms with E-state index in [1.54, 1.807) is 9.80 Å². The Kier molecular flexibility index (Phi) is 11.5. The zero-order valence-corrected chi connectivity index (χ0v) is 28.0.